The fourth-order valence-electron chi connectivity index (χ4n) is 1.39. The molecule has 0 amide bonds. The predicted octanol–water partition coefficient (Wildman–Crippen LogP) is 1.23. The highest BCUT2D eigenvalue weighted by Crippen LogP contribution is 2.16. The third kappa shape index (κ3) is 2.16. The second-order valence-electron chi connectivity index (χ2n) is 3.40. The number of rotatable bonds is 2. The summed E-state index contributed by atoms with van der Waals surface area (Å²) in [5.74, 6) is 0. The van der Waals surface area contributed by atoms with E-state index in [1.807, 2.05) is 13.0 Å². The van der Waals surface area contributed by atoms with Crippen LogP contribution >= 0.6 is 0 Å². The predicted molar refractivity (Wildman–Crippen MR) is 57.0 cm³/mol. The van der Waals surface area contributed by atoms with E-state index in [0.29, 0.717) is 0 Å². The van der Waals surface area contributed by atoms with Crippen molar-refractivity contribution in [3.05, 3.63) is 53.9 Å². The summed E-state index contributed by atoms with van der Waals surface area (Å²) >= 11 is 0. The molecule has 0 radical (unpaired) electrons. The molecule has 76 valence electrons. The normalized spacial score (nSPS) is 12.4. The molecule has 0 aromatic carbocycles. The Kier molecular flexibility index (Phi) is 2.69. The first-order chi connectivity index (χ1) is 7.27. The highest BCUT2D eigenvalue weighted by Gasteiger charge is 2.10. The van der Waals surface area contributed by atoms with E-state index in [9.17, 15) is 0 Å². The van der Waals surface area contributed by atoms with Crippen molar-refractivity contribution in [3.8, 4) is 0 Å². The van der Waals surface area contributed by atoms with Gasteiger partial charge in [0.15, 0.2) is 0 Å². The second kappa shape index (κ2) is 4.14. The van der Waals surface area contributed by atoms with Gasteiger partial charge in [-0.05, 0) is 18.1 Å². The molecule has 0 bridgehead atoms. The molecule has 4 heteroatoms. The van der Waals surface area contributed by atoms with Gasteiger partial charge in [-0.3, -0.25) is 15.0 Å². The Balaban J connectivity index is 2.32. The van der Waals surface area contributed by atoms with Gasteiger partial charge in [0.25, 0.3) is 0 Å². The van der Waals surface area contributed by atoms with Gasteiger partial charge < -0.3 is 5.73 Å². The maximum Gasteiger partial charge on any atom is 0.0799 e. The first-order valence-corrected chi connectivity index (χ1v) is 4.70. The number of nitrogens with two attached hydrogens (primary N) is 1. The number of aryl methyl sites for hydroxylation is 1. The summed E-state index contributed by atoms with van der Waals surface area (Å²) in [6.07, 6.45) is 8.50. The van der Waals surface area contributed by atoms with Gasteiger partial charge >= 0.3 is 0 Å². The smallest absolute Gasteiger partial charge is 0.0799 e. The molecule has 2 rings (SSSR count). The van der Waals surface area contributed by atoms with E-state index in [1.165, 1.54) is 0 Å². The van der Waals surface area contributed by atoms with Crippen LogP contribution < -0.4 is 5.73 Å². The molecule has 2 N–H and O–H groups in total. The summed E-state index contributed by atoms with van der Waals surface area (Å²) in [7, 11) is 0. The molecular weight excluding hydrogens is 188 g/mol. The van der Waals surface area contributed by atoms with Gasteiger partial charge in [0.2, 0.25) is 0 Å². The Morgan fingerprint density at radius 1 is 1.13 bits per heavy atom. The molecule has 0 saturated carbocycles. The minimum Gasteiger partial charge on any atom is -0.319 e. The van der Waals surface area contributed by atoms with Gasteiger partial charge in [0.1, 0.15) is 0 Å². The van der Waals surface area contributed by atoms with Crippen molar-refractivity contribution >= 4 is 0 Å². The van der Waals surface area contributed by atoms with Gasteiger partial charge in [0.05, 0.1) is 17.9 Å². The Morgan fingerprint density at radius 3 is 2.67 bits per heavy atom. The summed E-state index contributed by atoms with van der Waals surface area (Å²) in [6, 6.07) is 1.75. The number of pyridine rings is 1. The molecule has 4 nitrogen and oxygen atoms in total. The second-order valence-corrected chi connectivity index (χ2v) is 3.40. The van der Waals surface area contributed by atoms with E-state index in [0.717, 1.165) is 16.8 Å². The minimum absolute atomic E-state index is 0.258. The van der Waals surface area contributed by atoms with Crippen LogP contribution in [0, 0.1) is 6.92 Å². The van der Waals surface area contributed by atoms with E-state index < -0.39 is 0 Å². The van der Waals surface area contributed by atoms with Gasteiger partial charge in [0, 0.05) is 24.8 Å². The molecular formula is C11H12N4. The molecule has 0 aliphatic rings. The third-order valence-electron chi connectivity index (χ3n) is 2.16. The lowest BCUT2D eigenvalue weighted by Crippen LogP contribution is -2.14. The van der Waals surface area contributed by atoms with Crippen molar-refractivity contribution in [2.24, 2.45) is 5.73 Å². The van der Waals surface area contributed by atoms with Crippen LogP contribution in [0.4, 0.5) is 0 Å². The Labute approximate surface area is 88.2 Å². The molecule has 2 aromatic rings. The van der Waals surface area contributed by atoms with Crippen molar-refractivity contribution in [1.82, 2.24) is 15.0 Å². The van der Waals surface area contributed by atoms with Gasteiger partial charge in [-0.1, -0.05) is 6.07 Å². The Bertz CT molecular complexity index is 441. The van der Waals surface area contributed by atoms with Gasteiger partial charge in [-0.15, -0.1) is 0 Å². The molecule has 2 heterocycles. The molecule has 0 aliphatic carbocycles. The highest BCUT2D eigenvalue weighted by atomic mass is 14.8. The van der Waals surface area contributed by atoms with Crippen molar-refractivity contribution in [3.63, 3.8) is 0 Å². The zero-order chi connectivity index (χ0) is 10.7. The summed E-state index contributed by atoms with van der Waals surface area (Å²) in [5, 5.41) is 0. The molecule has 0 fully saturated rings. The van der Waals surface area contributed by atoms with Gasteiger partial charge in [-0.25, -0.2) is 0 Å². The van der Waals surface area contributed by atoms with Crippen LogP contribution in [0.5, 0.6) is 0 Å². The van der Waals surface area contributed by atoms with Gasteiger partial charge in [-0.2, -0.15) is 0 Å². The van der Waals surface area contributed by atoms with Crippen LogP contribution in [-0.4, -0.2) is 15.0 Å². The number of aromatic nitrogens is 3. The Hall–Kier alpha value is -1.81. The number of hydrogen-bond donors (Lipinski definition) is 1. The molecule has 15 heavy (non-hydrogen) atoms. The topological polar surface area (TPSA) is 64.7 Å². The monoisotopic (exact) mass is 200 g/mol. The molecule has 1 unspecified atom stereocenters. The SMILES string of the molecule is Cc1cncc(C(N)c2cnccn2)c1. The Morgan fingerprint density at radius 2 is 2.00 bits per heavy atom. The molecule has 0 saturated heterocycles. The first kappa shape index (κ1) is 9.73. The zero-order valence-corrected chi connectivity index (χ0v) is 8.46. The van der Waals surface area contributed by atoms with Crippen molar-refractivity contribution < 1.29 is 0 Å². The average molecular weight is 200 g/mol. The fraction of sp³-hybridized carbons (Fsp3) is 0.182. The molecule has 0 spiro atoms. The van der Waals surface area contributed by atoms with Crippen molar-refractivity contribution in [1.29, 1.82) is 0 Å². The van der Waals surface area contributed by atoms with Crippen molar-refractivity contribution in [2.45, 2.75) is 13.0 Å². The standard InChI is InChI=1S/C11H12N4/c1-8-4-9(6-14-5-8)11(12)10-7-13-2-3-15-10/h2-7,11H,12H2,1H3. The maximum atomic E-state index is 6.04. The largest absolute Gasteiger partial charge is 0.319 e. The van der Waals surface area contributed by atoms with E-state index in [1.54, 1.807) is 31.0 Å². The summed E-state index contributed by atoms with van der Waals surface area (Å²) in [4.78, 5) is 12.3. The number of nitrogens with zero attached hydrogens (tertiary/aromatic N) is 3. The lowest BCUT2D eigenvalue weighted by atomic mass is 10.1. The summed E-state index contributed by atoms with van der Waals surface area (Å²) in [5.41, 5.74) is 8.84. The third-order valence-corrected chi connectivity index (χ3v) is 2.16. The van der Waals surface area contributed by atoms with Crippen LogP contribution in [0.3, 0.4) is 0 Å². The number of hydrogen-bond acceptors (Lipinski definition) is 4. The van der Waals surface area contributed by atoms with Crippen LogP contribution in [0.25, 0.3) is 0 Å². The lowest BCUT2D eigenvalue weighted by molar-refractivity contribution is 0.810. The van der Waals surface area contributed by atoms with E-state index in [2.05, 4.69) is 15.0 Å². The fourth-order valence-corrected chi connectivity index (χ4v) is 1.39. The van der Waals surface area contributed by atoms with Crippen LogP contribution in [-0.2, 0) is 0 Å². The van der Waals surface area contributed by atoms with Crippen LogP contribution in [0.15, 0.2) is 37.1 Å². The quantitative estimate of drug-likeness (QED) is 0.791. The zero-order valence-electron chi connectivity index (χ0n) is 8.46. The van der Waals surface area contributed by atoms with E-state index >= 15 is 0 Å². The lowest BCUT2D eigenvalue weighted by Gasteiger charge is -2.10. The summed E-state index contributed by atoms with van der Waals surface area (Å²) in [6.45, 7) is 1.99. The molecule has 0 aliphatic heterocycles. The molecule has 2 aromatic heterocycles. The van der Waals surface area contributed by atoms with Crippen LogP contribution in [0.1, 0.15) is 22.9 Å². The average Bonchev–Trinajstić information content (AvgIpc) is 2.29. The summed E-state index contributed by atoms with van der Waals surface area (Å²) < 4.78 is 0. The van der Waals surface area contributed by atoms with Crippen LogP contribution in [0.2, 0.25) is 0 Å². The maximum absolute atomic E-state index is 6.04. The van der Waals surface area contributed by atoms with Crippen molar-refractivity contribution in [2.75, 3.05) is 0 Å². The van der Waals surface area contributed by atoms with E-state index in [4.69, 9.17) is 5.73 Å². The van der Waals surface area contributed by atoms with E-state index in [-0.39, 0.29) is 6.04 Å². The first-order valence-electron chi connectivity index (χ1n) is 4.70. The highest BCUT2D eigenvalue weighted by molar-refractivity contribution is 5.26. The minimum atomic E-state index is -0.258. The molecule has 1 atom stereocenters.